The summed E-state index contributed by atoms with van der Waals surface area (Å²) < 4.78 is 5.97. The third-order valence-corrected chi connectivity index (χ3v) is 9.31. The van der Waals surface area contributed by atoms with E-state index in [1.165, 1.54) is 0 Å². The topological polar surface area (TPSA) is 139 Å². The van der Waals surface area contributed by atoms with Crippen molar-refractivity contribution in [2.45, 2.75) is 29.9 Å². The molecule has 2 fully saturated rings. The van der Waals surface area contributed by atoms with Crippen molar-refractivity contribution in [2.24, 2.45) is 0 Å². The number of alkyl halides is 1. The molecule has 3 rings (SSSR count). The van der Waals surface area contributed by atoms with E-state index in [2.05, 4.69) is 0 Å². The fourth-order valence-electron chi connectivity index (χ4n) is 3.45. The van der Waals surface area contributed by atoms with Crippen LogP contribution < -0.4 is 4.18 Å². The number of halogens is 1. The van der Waals surface area contributed by atoms with Gasteiger partial charge in [0.25, 0.3) is 11.4 Å². The average Bonchev–Trinajstić information content (AvgIpc) is 3.07. The molecule has 136 valence electrons. The second-order valence-electron chi connectivity index (χ2n) is 5.93. The normalized spacial score (nSPS) is 30.3. The van der Waals surface area contributed by atoms with Gasteiger partial charge in [0.1, 0.15) is 0 Å². The lowest BCUT2D eigenvalue weighted by molar-refractivity contribution is -0.403. The fourth-order valence-corrected chi connectivity index (χ4v) is 8.56. The molecule has 3 atom stereocenters. The molecule has 12 heteroatoms. The Morgan fingerprint density at radius 3 is 2.12 bits per heavy atom. The van der Waals surface area contributed by atoms with Gasteiger partial charge in [-0.15, -0.1) is 11.6 Å². The first kappa shape index (κ1) is 17.7. The quantitative estimate of drug-likeness (QED) is 0.423. The second-order valence-corrected chi connectivity index (χ2v) is 9.82. The molecule has 25 heavy (non-hydrogen) atoms. The van der Waals surface area contributed by atoms with Gasteiger partial charge < -0.3 is 4.18 Å². The number of fused-ring (bicyclic) bond motifs is 1. The van der Waals surface area contributed by atoms with Crippen LogP contribution in [-0.2, 0) is 0 Å². The summed E-state index contributed by atoms with van der Waals surface area (Å²) >= 11 is 6.32. The Bertz CT molecular complexity index is 741. The van der Waals surface area contributed by atoms with Crippen LogP contribution in [0.2, 0.25) is 0 Å². The highest BCUT2D eigenvalue weighted by molar-refractivity contribution is 8.31. The van der Waals surface area contributed by atoms with Crippen LogP contribution in [0.1, 0.15) is 19.3 Å². The van der Waals surface area contributed by atoms with Crippen LogP contribution in [0.15, 0.2) is 12.1 Å². The molecule has 2 aliphatic heterocycles. The summed E-state index contributed by atoms with van der Waals surface area (Å²) in [4.78, 5) is 31.0. The first-order chi connectivity index (χ1) is 11.7. The van der Waals surface area contributed by atoms with Crippen LogP contribution in [0.5, 0.6) is 5.75 Å². The Morgan fingerprint density at radius 2 is 1.60 bits per heavy atom. The van der Waals surface area contributed by atoms with Gasteiger partial charge in [0.15, 0.2) is 0 Å². The molecule has 0 saturated carbocycles. The first-order valence-corrected chi connectivity index (χ1v) is 9.87. The van der Waals surface area contributed by atoms with Crippen LogP contribution in [0.25, 0.3) is 0 Å². The molecule has 1 aromatic rings. The summed E-state index contributed by atoms with van der Waals surface area (Å²) in [5, 5.41) is 33.6. The van der Waals surface area contributed by atoms with Crippen LogP contribution in [0.4, 0.5) is 17.1 Å². The van der Waals surface area contributed by atoms with Crippen molar-refractivity contribution in [2.75, 3.05) is 11.5 Å². The predicted octanol–water partition coefficient (Wildman–Crippen LogP) is 3.68. The van der Waals surface area contributed by atoms with Crippen molar-refractivity contribution in [1.29, 1.82) is 0 Å². The Hall–Kier alpha value is -2.14. The highest BCUT2D eigenvalue weighted by Crippen LogP contribution is 2.67. The molecular weight excluding hydrogens is 378 g/mol. The molecule has 0 spiro atoms. The summed E-state index contributed by atoms with van der Waals surface area (Å²) in [5.74, 6) is 0.803. The minimum Gasteiger partial charge on any atom is -0.435 e. The molecule has 1 aromatic carbocycles. The van der Waals surface area contributed by atoms with Gasteiger partial charge in [-0.3, -0.25) is 30.3 Å². The Morgan fingerprint density at radius 1 is 1.00 bits per heavy atom. The maximum atomic E-state index is 11.4. The first-order valence-electron chi connectivity index (χ1n) is 7.47. The number of nitrogens with zero attached hydrogens (tertiary/aromatic N) is 3. The van der Waals surface area contributed by atoms with E-state index in [0.29, 0.717) is 30.1 Å². The van der Waals surface area contributed by atoms with Crippen molar-refractivity contribution in [3.05, 3.63) is 42.5 Å². The van der Waals surface area contributed by atoms with Crippen molar-refractivity contribution in [3.63, 3.8) is 0 Å². The number of nitro benzene ring substituents is 3. The molecule has 2 heterocycles. The minimum absolute atomic E-state index is 0.0311. The molecular formula is C13H14ClN3O7S. The molecule has 0 amide bonds. The molecule has 3 unspecified atom stereocenters. The highest BCUT2D eigenvalue weighted by atomic mass is 35.5. The van der Waals surface area contributed by atoms with E-state index in [-0.39, 0.29) is 10.6 Å². The van der Waals surface area contributed by atoms with E-state index in [1.807, 2.05) is 0 Å². The SMILES string of the molecule is O=[N+]([O-])c1cc([N+](=O)[O-])c(OS23CCCC2C(Cl)CC3)c([N+](=O)[O-])c1. The maximum Gasteiger partial charge on any atom is 0.326 e. The van der Waals surface area contributed by atoms with E-state index in [4.69, 9.17) is 15.8 Å². The molecule has 0 aromatic heterocycles. The van der Waals surface area contributed by atoms with Crippen LogP contribution >= 0.6 is 21.9 Å². The molecule has 10 nitrogen and oxygen atoms in total. The third kappa shape index (κ3) is 2.97. The Labute approximate surface area is 148 Å². The van der Waals surface area contributed by atoms with E-state index < -0.39 is 47.9 Å². The lowest BCUT2D eigenvalue weighted by atomic mass is 10.2. The van der Waals surface area contributed by atoms with Gasteiger partial charge >= 0.3 is 11.4 Å². The van der Waals surface area contributed by atoms with Gasteiger partial charge in [-0.05, 0) is 19.3 Å². The van der Waals surface area contributed by atoms with E-state index >= 15 is 0 Å². The standard InChI is InChI=1S/C13H14ClN3O7S/c14-9-3-5-25(4-1-2-12(9)25)24-13-10(16(20)21)6-8(15(18)19)7-11(13)17(22)23/h6-7,9,12H,1-5H2. The number of hydrogen-bond acceptors (Lipinski definition) is 7. The predicted molar refractivity (Wildman–Crippen MR) is 91.6 cm³/mol. The molecule has 0 radical (unpaired) electrons. The lowest BCUT2D eigenvalue weighted by Gasteiger charge is -2.36. The second kappa shape index (κ2) is 6.30. The van der Waals surface area contributed by atoms with Crippen LogP contribution in [0.3, 0.4) is 0 Å². The molecule has 0 aliphatic carbocycles. The monoisotopic (exact) mass is 391 g/mol. The summed E-state index contributed by atoms with van der Waals surface area (Å²) in [5.41, 5.74) is -2.24. The number of rotatable bonds is 5. The number of nitro groups is 3. The summed E-state index contributed by atoms with van der Waals surface area (Å²) in [6, 6.07) is 1.41. The van der Waals surface area contributed by atoms with Gasteiger partial charge in [0.2, 0.25) is 0 Å². The zero-order valence-electron chi connectivity index (χ0n) is 12.8. The van der Waals surface area contributed by atoms with Crippen LogP contribution in [0, 0.1) is 30.3 Å². The smallest absolute Gasteiger partial charge is 0.326 e. The molecule has 2 aliphatic rings. The maximum absolute atomic E-state index is 11.4. The van der Waals surface area contributed by atoms with Crippen molar-refractivity contribution in [3.8, 4) is 5.75 Å². The van der Waals surface area contributed by atoms with Gasteiger partial charge in [-0.25, -0.2) is 0 Å². The zero-order valence-corrected chi connectivity index (χ0v) is 14.4. The molecule has 0 N–H and O–H groups in total. The van der Waals surface area contributed by atoms with Gasteiger partial charge in [-0.1, -0.05) is 10.3 Å². The Balaban J connectivity index is 2.13. The van der Waals surface area contributed by atoms with E-state index in [1.54, 1.807) is 0 Å². The van der Waals surface area contributed by atoms with Crippen molar-refractivity contribution < 1.29 is 19.0 Å². The molecule has 0 bridgehead atoms. The largest absolute Gasteiger partial charge is 0.435 e. The number of non-ortho nitro benzene ring substituents is 1. The average molecular weight is 392 g/mol. The summed E-state index contributed by atoms with van der Waals surface area (Å²) in [6.45, 7) is 0. The fraction of sp³-hybridized carbons (Fsp3) is 0.538. The lowest BCUT2D eigenvalue weighted by Crippen LogP contribution is -2.20. The van der Waals surface area contributed by atoms with Gasteiger partial charge in [0.05, 0.1) is 26.9 Å². The Kier molecular flexibility index (Phi) is 4.45. The summed E-state index contributed by atoms with van der Waals surface area (Å²) in [6.07, 6.45) is 2.35. The zero-order chi connectivity index (χ0) is 18.4. The number of hydrogen-bond donors (Lipinski definition) is 0. The number of benzene rings is 1. The van der Waals surface area contributed by atoms with E-state index in [9.17, 15) is 30.3 Å². The molecule has 2 saturated heterocycles. The van der Waals surface area contributed by atoms with Gasteiger partial charge in [-0.2, -0.15) is 0 Å². The van der Waals surface area contributed by atoms with Crippen molar-refractivity contribution >= 4 is 39.0 Å². The summed E-state index contributed by atoms with van der Waals surface area (Å²) in [7, 11) is -1.82. The van der Waals surface area contributed by atoms with Crippen molar-refractivity contribution in [1.82, 2.24) is 0 Å². The van der Waals surface area contributed by atoms with E-state index in [0.717, 1.165) is 12.8 Å². The van der Waals surface area contributed by atoms with Crippen LogP contribution in [-0.4, -0.2) is 36.9 Å². The van der Waals surface area contributed by atoms with Gasteiger partial charge in [0, 0.05) is 22.1 Å². The third-order valence-electron chi connectivity index (χ3n) is 4.56. The highest BCUT2D eigenvalue weighted by Gasteiger charge is 2.51. The minimum atomic E-state index is -1.82.